The van der Waals surface area contributed by atoms with Crippen LogP contribution in [0.5, 0.6) is 0 Å². The van der Waals surface area contributed by atoms with Crippen LogP contribution in [0.1, 0.15) is 6.42 Å². The van der Waals surface area contributed by atoms with Gasteiger partial charge in [-0.15, -0.1) is 0 Å². The Labute approximate surface area is 110 Å². The third kappa shape index (κ3) is 3.32. The van der Waals surface area contributed by atoms with Crippen LogP contribution in [0.15, 0.2) is 21.9 Å². The minimum Gasteiger partial charge on any atom is -0.311 e. The highest BCUT2D eigenvalue weighted by Gasteiger charge is 2.27. The first-order valence-electron chi connectivity index (χ1n) is 6.09. The van der Waals surface area contributed by atoms with Gasteiger partial charge in [-0.2, -0.15) is 0 Å². The van der Waals surface area contributed by atoms with Crippen LogP contribution in [0.3, 0.4) is 0 Å². The molecule has 1 fully saturated rings. The topological polar surface area (TPSA) is 90.2 Å². The third-order valence-corrected chi connectivity index (χ3v) is 5.01. The molecule has 0 spiro atoms. The zero-order chi connectivity index (χ0) is 14.0. The van der Waals surface area contributed by atoms with E-state index in [-0.39, 0.29) is 35.3 Å². The monoisotopic (exact) mass is 287 g/mol. The lowest BCUT2D eigenvalue weighted by Gasteiger charge is -2.11. The van der Waals surface area contributed by atoms with E-state index >= 15 is 0 Å². The first-order chi connectivity index (χ1) is 8.89. The molecule has 0 aromatic carbocycles. The van der Waals surface area contributed by atoms with Crippen molar-refractivity contribution in [2.45, 2.75) is 19.0 Å². The van der Waals surface area contributed by atoms with E-state index in [9.17, 15) is 18.0 Å². The summed E-state index contributed by atoms with van der Waals surface area (Å²) >= 11 is 0. The van der Waals surface area contributed by atoms with E-state index in [1.165, 1.54) is 16.8 Å². The van der Waals surface area contributed by atoms with Gasteiger partial charge in [0.25, 0.3) is 5.56 Å². The van der Waals surface area contributed by atoms with Crippen LogP contribution >= 0.6 is 0 Å². The van der Waals surface area contributed by atoms with Gasteiger partial charge >= 0.3 is 5.69 Å². The van der Waals surface area contributed by atoms with Crippen LogP contribution in [-0.2, 0) is 23.4 Å². The fourth-order valence-electron chi connectivity index (χ4n) is 2.16. The molecule has 1 aromatic heterocycles. The van der Waals surface area contributed by atoms with E-state index in [0.717, 1.165) is 4.57 Å². The van der Waals surface area contributed by atoms with Gasteiger partial charge in [0.1, 0.15) is 0 Å². The zero-order valence-electron chi connectivity index (χ0n) is 10.7. The Hall–Kier alpha value is -1.41. The molecule has 0 radical (unpaired) electrons. The van der Waals surface area contributed by atoms with Crippen LogP contribution in [0.2, 0.25) is 0 Å². The number of nitrogens with zero attached hydrogens (tertiary/aromatic N) is 2. The Morgan fingerprint density at radius 2 is 2.16 bits per heavy atom. The summed E-state index contributed by atoms with van der Waals surface area (Å²) in [4.78, 5) is 23.3. The fourth-order valence-corrected chi connectivity index (χ4v) is 3.86. The summed E-state index contributed by atoms with van der Waals surface area (Å²) in [6, 6.07) is 1.26. The van der Waals surface area contributed by atoms with Crippen LogP contribution < -0.4 is 16.6 Å². The Morgan fingerprint density at radius 3 is 2.79 bits per heavy atom. The van der Waals surface area contributed by atoms with Crippen LogP contribution in [0, 0.1) is 0 Å². The second kappa shape index (κ2) is 5.30. The van der Waals surface area contributed by atoms with Crippen molar-refractivity contribution in [3.05, 3.63) is 33.1 Å². The molecule has 1 N–H and O–H groups in total. The maximum Gasteiger partial charge on any atom is 0.330 e. The molecule has 19 heavy (non-hydrogen) atoms. The molecular formula is C11H17N3O4S. The first-order valence-corrected chi connectivity index (χ1v) is 7.91. The molecule has 106 valence electrons. The van der Waals surface area contributed by atoms with Crippen molar-refractivity contribution in [1.29, 1.82) is 0 Å². The Bertz CT molecular complexity index is 674. The van der Waals surface area contributed by atoms with Crippen molar-refractivity contribution >= 4 is 9.84 Å². The van der Waals surface area contributed by atoms with Gasteiger partial charge in [0.15, 0.2) is 9.84 Å². The average Bonchev–Trinajstić information content (AvgIpc) is 2.68. The number of rotatable bonds is 4. The van der Waals surface area contributed by atoms with E-state index in [1.54, 1.807) is 7.05 Å². The highest BCUT2D eigenvalue weighted by Crippen LogP contribution is 2.10. The molecule has 1 aliphatic heterocycles. The second-order valence-corrected chi connectivity index (χ2v) is 6.98. The lowest BCUT2D eigenvalue weighted by Crippen LogP contribution is -2.42. The molecule has 2 rings (SSSR count). The largest absolute Gasteiger partial charge is 0.330 e. The van der Waals surface area contributed by atoms with E-state index in [1.807, 2.05) is 0 Å². The molecule has 1 aliphatic rings. The Balaban J connectivity index is 1.96. The van der Waals surface area contributed by atoms with Crippen molar-refractivity contribution in [2.24, 2.45) is 7.05 Å². The lowest BCUT2D eigenvalue weighted by molar-refractivity contribution is 0.496. The molecule has 1 aromatic rings. The molecule has 2 heterocycles. The summed E-state index contributed by atoms with van der Waals surface area (Å²) in [7, 11) is -1.33. The molecule has 7 nitrogen and oxygen atoms in total. The lowest BCUT2D eigenvalue weighted by atomic mass is 10.2. The first kappa shape index (κ1) is 14.0. The highest BCUT2D eigenvalue weighted by atomic mass is 32.2. The number of hydrogen-bond acceptors (Lipinski definition) is 5. The Kier molecular flexibility index (Phi) is 3.91. The molecular weight excluding hydrogens is 270 g/mol. The Morgan fingerprint density at radius 1 is 1.42 bits per heavy atom. The van der Waals surface area contributed by atoms with E-state index in [2.05, 4.69) is 5.32 Å². The van der Waals surface area contributed by atoms with Gasteiger partial charge in [-0.05, 0) is 6.42 Å². The molecule has 1 saturated heterocycles. The van der Waals surface area contributed by atoms with Crippen LogP contribution in [0.4, 0.5) is 0 Å². The quantitative estimate of drug-likeness (QED) is 0.714. The number of aromatic nitrogens is 2. The summed E-state index contributed by atoms with van der Waals surface area (Å²) in [5.41, 5.74) is -0.711. The number of aryl methyl sites for hydroxylation is 1. The normalized spacial score (nSPS) is 21.6. The summed E-state index contributed by atoms with van der Waals surface area (Å²) < 4.78 is 25.0. The van der Waals surface area contributed by atoms with E-state index in [4.69, 9.17) is 0 Å². The SMILES string of the molecule is Cn1ccc(=O)n(CCNC2CCS(=O)(=O)C2)c1=O. The van der Waals surface area contributed by atoms with Crippen LogP contribution in [0.25, 0.3) is 0 Å². The van der Waals surface area contributed by atoms with E-state index < -0.39 is 9.84 Å². The number of hydrogen-bond donors (Lipinski definition) is 1. The van der Waals surface area contributed by atoms with Crippen LogP contribution in [-0.4, -0.2) is 41.6 Å². The van der Waals surface area contributed by atoms with Gasteiger partial charge in [0.2, 0.25) is 0 Å². The molecule has 1 unspecified atom stereocenters. The van der Waals surface area contributed by atoms with Gasteiger partial charge in [-0.25, -0.2) is 13.2 Å². The summed E-state index contributed by atoms with van der Waals surface area (Å²) in [5.74, 6) is 0.340. The smallest absolute Gasteiger partial charge is 0.311 e. The summed E-state index contributed by atoms with van der Waals surface area (Å²) in [6.45, 7) is 0.641. The van der Waals surface area contributed by atoms with Gasteiger partial charge in [0, 0.05) is 38.4 Å². The standard InChI is InChI=1S/C11H17N3O4S/c1-13-5-2-10(15)14(11(13)16)6-4-12-9-3-7-19(17,18)8-9/h2,5,9,12H,3-4,6-8H2,1H3. The van der Waals surface area contributed by atoms with Crippen molar-refractivity contribution < 1.29 is 8.42 Å². The van der Waals surface area contributed by atoms with Crippen molar-refractivity contribution in [2.75, 3.05) is 18.1 Å². The molecule has 8 heteroatoms. The number of nitrogens with one attached hydrogen (secondary N) is 1. The van der Waals surface area contributed by atoms with Gasteiger partial charge in [0.05, 0.1) is 11.5 Å². The maximum absolute atomic E-state index is 11.7. The third-order valence-electron chi connectivity index (χ3n) is 3.24. The minimum atomic E-state index is -2.91. The summed E-state index contributed by atoms with van der Waals surface area (Å²) in [6.07, 6.45) is 2.02. The number of sulfone groups is 1. The molecule has 1 atom stereocenters. The van der Waals surface area contributed by atoms with E-state index in [0.29, 0.717) is 13.0 Å². The molecule has 0 bridgehead atoms. The fraction of sp³-hybridized carbons (Fsp3) is 0.636. The van der Waals surface area contributed by atoms with Gasteiger partial charge < -0.3 is 9.88 Å². The van der Waals surface area contributed by atoms with Crippen molar-refractivity contribution in [3.63, 3.8) is 0 Å². The molecule has 0 amide bonds. The predicted octanol–water partition coefficient (Wildman–Crippen LogP) is -1.68. The molecule has 0 aliphatic carbocycles. The second-order valence-electron chi connectivity index (χ2n) is 4.75. The average molecular weight is 287 g/mol. The zero-order valence-corrected chi connectivity index (χ0v) is 11.5. The van der Waals surface area contributed by atoms with Gasteiger partial charge in [-0.3, -0.25) is 9.36 Å². The van der Waals surface area contributed by atoms with Crippen molar-refractivity contribution in [1.82, 2.24) is 14.5 Å². The predicted molar refractivity (Wildman–Crippen MR) is 71.0 cm³/mol. The highest BCUT2D eigenvalue weighted by molar-refractivity contribution is 7.91. The van der Waals surface area contributed by atoms with Crippen molar-refractivity contribution in [3.8, 4) is 0 Å². The van der Waals surface area contributed by atoms with Gasteiger partial charge in [-0.1, -0.05) is 0 Å². The minimum absolute atomic E-state index is 0.0757. The maximum atomic E-state index is 11.7. The molecule has 0 saturated carbocycles. The summed E-state index contributed by atoms with van der Waals surface area (Å²) in [5, 5.41) is 3.07.